The summed E-state index contributed by atoms with van der Waals surface area (Å²) in [6, 6.07) is 9.42. The SMILES string of the molecule is COC(=O)CC1CCCN1C(=O)OCc1ccccc1. The molecule has 1 aliphatic rings. The average Bonchev–Trinajstić information content (AvgIpc) is 2.94. The summed E-state index contributed by atoms with van der Waals surface area (Å²) in [6.07, 6.45) is 1.58. The maximum absolute atomic E-state index is 12.1. The number of amides is 1. The monoisotopic (exact) mass is 277 g/mol. The molecule has 20 heavy (non-hydrogen) atoms. The van der Waals surface area contributed by atoms with Gasteiger partial charge >= 0.3 is 12.1 Å². The van der Waals surface area contributed by atoms with Crippen molar-refractivity contribution in [2.45, 2.75) is 31.9 Å². The van der Waals surface area contributed by atoms with Crippen molar-refractivity contribution < 1.29 is 19.1 Å². The lowest BCUT2D eigenvalue weighted by Gasteiger charge is -2.23. The van der Waals surface area contributed by atoms with Crippen molar-refractivity contribution in [2.75, 3.05) is 13.7 Å². The van der Waals surface area contributed by atoms with Gasteiger partial charge in [0.1, 0.15) is 6.61 Å². The third kappa shape index (κ3) is 3.73. The first kappa shape index (κ1) is 14.4. The van der Waals surface area contributed by atoms with Crippen LogP contribution < -0.4 is 0 Å². The zero-order valence-corrected chi connectivity index (χ0v) is 11.6. The molecule has 108 valence electrons. The van der Waals surface area contributed by atoms with Gasteiger partial charge in [0.25, 0.3) is 0 Å². The second kappa shape index (κ2) is 6.93. The van der Waals surface area contributed by atoms with Crippen LogP contribution in [0.4, 0.5) is 4.79 Å². The van der Waals surface area contributed by atoms with Gasteiger partial charge in [0, 0.05) is 12.6 Å². The number of hydrogen-bond acceptors (Lipinski definition) is 4. The highest BCUT2D eigenvalue weighted by atomic mass is 16.6. The van der Waals surface area contributed by atoms with E-state index in [4.69, 9.17) is 4.74 Å². The maximum Gasteiger partial charge on any atom is 0.410 e. The zero-order valence-electron chi connectivity index (χ0n) is 11.6. The number of hydrogen-bond donors (Lipinski definition) is 0. The Labute approximate surface area is 118 Å². The lowest BCUT2D eigenvalue weighted by Crippen LogP contribution is -2.37. The summed E-state index contributed by atoms with van der Waals surface area (Å²) in [5.41, 5.74) is 0.949. The highest BCUT2D eigenvalue weighted by Crippen LogP contribution is 2.21. The maximum atomic E-state index is 12.1. The van der Waals surface area contributed by atoms with Crippen LogP contribution in [0.25, 0.3) is 0 Å². The van der Waals surface area contributed by atoms with E-state index in [9.17, 15) is 9.59 Å². The second-order valence-corrected chi connectivity index (χ2v) is 4.81. The van der Waals surface area contributed by atoms with E-state index in [1.807, 2.05) is 30.3 Å². The number of carbonyl (C=O) groups excluding carboxylic acids is 2. The van der Waals surface area contributed by atoms with Crippen LogP contribution in [-0.4, -0.2) is 36.7 Å². The molecule has 1 aliphatic heterocycles. The molecule has 0 N–H and O–H groups in total. The summed E-state index contributed by atoms with van der Waals surface area (Å²) < 4.78 is 9.94. The molecule has 0 aromatic heterocycles. The van der Waals surface area contributed by atoms with Crippen LogP contribution in [0.1, 0.15) is 24.8 Å². The van der Waals surface area contributed by atoms with Crippen LogP contribution >= 0.6 is 0 Å². The van der Waals surface area contributed by atoms with Gasteiger partial charge in [-0.3, -0.25) is 4.79 Å². The second-order valence-electron chi connectivity index (χ2n) is 4.81. The number of ether oxygens (including phenoxy) is 2. The van der Waals surface area contributed by atoms with E-state index in [2.05, 4.69) is 4.74 Å². The molecule has 0 saturated carbocycles. The number of rotatable bonds is 4. The highest BCUT2D eigenvalue weighted by molar-refractivity contribution is 5.73. The topological polar surface area (TPSA) is 55.8 Å². The lowest BCUT2D eigenvalue weighted by molar-refractivity contribution is -0.141. The van der Waals surface area contributed by atoms with Gasteiger partial charge in [-0.05, 0) is 18.4 Å². The van der Waals surface area contributed by atoms with E-state index in [1.54, 1.807) is 4.90 Å². The van der Waals surface area contributed by atoms with Gasteiger partial charge in [0.05, 0.1) is 13.5 Å². The summed E-state index contributed by atoms with van der Waals surface area (Å²) >= 11 is 0. The molecular formula is C15H19NO4. The Morgan fingerprint density at radius 3 is 2.75 bits per heavy atom. The molecule has 0 bridgehead atoms. The minimum Gasteiger partial charge on any atom is -0.469 e. The third-order valence-electron chi connectivity index (χ3n) is 3.45. The van der Waals surface area contributed by atoms with Gasteiger partial charge in [-0.2, -0.15) is 0 Å². The molecule has 1 amide bonds. The molecule has 1 saturated heterocycles. The minimum absolute atomic E-state index is 0.106. The third-order valence-corrected chi connectivity index (χ3v) is 3.45. The normalized spacial score (nSPS) is 17.9. The van der Waals surface area contributed by atoms with Crippen molar-refractivity contribution >= 4 is 12.1 Å². The van der Waals surface area contributed by atoms with Gasteiger partial charge in [0.15, 0.2) is 0 Å². The van der Waals surface area contributed by atoms with Crippen LogP contribution in [0.15, 0.2) is 30.3 Å². The molecular weight excluding hydrogens is 258 g/mol. The molecule has 0 spiro atoms. The van der Waals surface area contributed by atoms with Gasteiger partial charge in [-0.15, -0.1) is 0 Å². The number of likely N-dealkylation sites (tertiary alicyclic amines) is 1. The van der Waals surface area contributed by atoms with Crippen LogP contribution in [0, 0.1) is 0 Å². The van der Waals surface area contributed by atoms with Gasteiger partial charge < -0.3 is 14.4 Å². The van der Waals surface area contributed by atoms with Crippen molar-refractivity contribution in [3.63, 3.8) is 0 Å². The van der Waals surface area contributed by atoms with Crippen molar-refractivity contribution in [2.24, 2.45) is 0 Å². The molecule has 5 nitrogen and oxygen atoms in total. The molecule has 0 aliphatic carbocycles. The summed E-state index contributed by atoms with van der Waals surface area (Å²) in [4.78, 5) is 25.0. The molecule has 0 radical (unpaired) electrons. The largest absolute Gasteiger partial charge is 0.469 e. The fourth-order valence-electron chi connectivity index (χ4n) is 2.37. The van der Waals surface area contributed by atoms with Crippen LogP contribution in [0.5, 0.6) is 0 Å². The Kier molecular flexibility index (Phi) is 4.98. The number of methoxy groups -OCH3 is 1. The summed E-state index contributed by atoms with van der Waals surface area (Å²) in [5.74, 6) is -0.294. The summed E-state index contributed by atoms with van der Waals surface area (Å²) in [5, 5.41) is 0. The number of carbonyl (C=O) groups is 2. The quantitative estimate of drug-likeness (QED) is 0.793. The first-order valence-corrected chi connectivity index (χ1v) is 6.75. The smallest absolute Gasteiger partial charge is 0.410 e. The Hall–Kier alpha value is -2.04. The highest BCUT2D eigenvalue weighted by Gasteiger charge is 2.31. The predicted octanol–water partition coefficient (Wildman–Crippen LogP) is 2.35. The van der Waals surface area contributed by atoms with Crippen molar-refractivity contribution in [1.82, 2.24) is 4.90 Å². The first-order valence-electron chi connectivity index (χ1n) is 6.75. The molecule has 1 aromatic rings. The molecule has 1 atom stereocenters. The minimum atomic E-state index is -0.361. The molecule has 2 rings (SSSR count). The molecule has 1 aromatic carbocycles. The van der Waals surface area contributed by atoms with Crippen molar-refractivity contribution in [1.29, 1.82) is 0 Å². The van der Waals surface area contributed by atoms with Crippen molar-refractivity contribution in [3.8, 4) is 0 Å². The number of benzene rings is 1. The molecule has 1 heterocycles. The average molecular weight is 277 g/mol. The van der Waals surface area contributed by atoms with E-state index < -0.39 is 0 Å². The Morgan fingerprint density at radius 2 is 2.05 bits per heavy atom. The molecule has 5 heteroatoms. The zero-order chi connectivity index (χ0) is 14.4. The fraction of sp³-hybridized carbons (Fsp3) is 0.467. The fourth-order valence-corrected chi connectivity index (χ4v) is 2.37. The molecule has 1 unspecified atom stereocenters. The predicted molar refractivity (Wildman–Crippen MR) is 73.0 cm³/mol. The Bertz CT molecular complexity index is 460. The Morgan fingerprint density at radius 1 is 1.30 bits per heavy atom. The number of nitrogens with zero attached hydrogens (tertiary/aromatic N) is 1. The van der Waals surface area contributed by atoms with Crippen LogP contribution in [0.2, 0.25) is 0 Å². The number of esters is 1. The van der Waals surface area contributed by atoms with Gasteiger partial charge in [-0.25, -0.2) is 4.79 Å². The summed E-state index contributed by atoms with van der Waals surface area (Å²) in [7, 11) is 1.36. The van der Waals surface area contributed by atoms with E-state index in [0.29, 0.717) is 6.54 Å². The van der Waals surface area contributed by atoms with E-state index in [-0.39, 0.29) is 31.1 Å². The van der Waals surface area contributed by atoms with E-state index >= 15 is 0 Å². The van der Waals surface area contributed by atoms with E-state index in [1.165, 1.54) is 7.11 Å². The first-order chi connectivity index (χ1) is 9.70. The lowest BCUT2D eigenvalue weighted by atomic mass is 10.1. The Balaban J connectivity index is 1.86. The summed E-state index contributed by atoms with van der Waals surface area (Å²) in [6.45, 7) is 0.885. The van der Waals surface area contributed by atoms with Crippen molar-refractivity contribution in [3.05, 3.63) is 35.9 Å². The van der Waals surface area contributed by atoms with E-state index in [0.717, 1.165) is 18.4 Å². The van der Waals surface area contributed by atoms with Crippen LogP contribution in [-0.2, 0) is 20.9 Å². The van der Waals surface area contributed by atoms with Gasteiger partial charge in [0.2, 0.25) is 0 Å². The van der Waals surface area contributed by atoms with Gasteiger partial charge in [-0.1, -0.05) is 30.3 Å². The standard InChI is InChI=1S/C15H19NO4/c1-19-14(17)10-13-8-5-9-16(13)15(18)20-11-12-6-3-2-4-7-12/h2-4,6-7,13H,5,8-11H2,1H3. The molecule has 1 fully saturated rings. The van der Waals surface area contributed by atoms with Crippen LogP contribution in [0.3, 0.4) is 0 Å².